The Morgan fingerprint density at radius 1 is 1.17 bits per heavy atom. The molecular formula is C16H27NO. The Bertz CT molecular complexity index is 336. The average Bonchev–Trinajstić information content (AvgIpc) is 2.36. The van der Waals surface area contributed by atoms with Crippen molar-refractivity contribution in [3.05, 3.63) is 35.9 Å². The maximum Gasteiger partial charge on any atom is 0.0652 e. The Balaban J connectivity index is 2.61. The van der Waals surface area contributed by atoms with E-state index in [1.165, 1.54) is 6.42 Å². The normalized spacial score (nSPS) is 16.6. The van der Waals surface area contributed by atoms with Gasteiger partial charge in [-0.25, -0.2) is 0 Å². The molecule has 2 N–H and O–H groups in total. The SMILES string of the molecule is CC(C)CC(C)CNC(C)(CO)c1ccccc1. The summed E-state index contributed by atoms with van der Waals surface area (Å²) in [5.74, 6) is 1.35. The summed E-state index contributed by atoms with van der Waals surface area (Å²) >= 11 is 0. The highest BCUT2D eigenvalue weighted by Crippen LogP contribution is 2.21. The van der Waals surface area contributed by atoms with Crippen LogP contribution in [0.15, 0.2) is 30.3 Å². The van der Waals surface area contributed by atoms with Gasteiger partial charge >= 0.3 is 0 Å². The molecule has 0 aromatic heterocycles. The Morgan fingerprint density at radius 3 is 2.28 bits per heavy atom. The summed E-state index contributed by atoms with van der Waals surface area (Å²) in [5.41, 5.74) is 0.802. The number of hydrogen-bond acceptors (Lipinski definition) is 2. The molecule has 102 valence electrons. The van der Waals surface area contributed by atoms with E-state index >= 15 is 0 Å². The van der Waals surface area contributed by atoms with Crippen LogP contribution in [0.25, 0.3) is 0 Å². The summed E-state index contributed by atoms with van der Waals surface area (Å²) in [5, 5.41) is 13.2. The zero-order chi connectivity index (χ0) is 13.6. The fraction of sp³-hybridized carbons (Fsp3) is 0.625. The van der Waals surface area contributed by atoms with E-state index in [2.05, 4.69) is 45.1 Å². The number of nitrogens with one attached hydrogen (secondary N) is 1. The molecule has 0 amide bonds. The van der Waals surface area contributed by atoms with E-state index in [-0.39, 0.29) is 12.1 Å². The molecule has 0 aliphatic carbocycles. The second-order valence-corrected chi connectivity index (χ2v) is 5.97. The van der Waals surface area contributed by atoms with E-state index in [9.17, 15) is 5.11 Å². The molecule has 0 radical (unpaired) electrons. The van der Waals surface area contributed by atoms with Crippen LogP contribution in [0.5, 0.6) is 0 Å². The third-order valence-corrected chi connectivity index (χ3v) is 3.44. The molecule has 0 aliphatic heterocycles. The minimum atomic E-state index is -0.341. The Labute approximate surface area is 111 Å². The van der Waals surface area contributed by atoms with Crippen LogP contribution < -0.4 is 5.32 Å². The predicted molar refractivity (Wildman–Crippen MR) is 77.5 cm³/mol. The van der Waals surface area contributed by atoms with Gasteiger partial charge in [-0.05, 0) is 37.3 Å². The molecule has 18 heavy (non-hydrogen) atoms. The minimum absolute atomic E-state index is 0.116. The van der Waals surface area contributed by atoms with Gasteiger partial charge in [0.2, 0.25) is 0 Å². The Morgan fingerprint density at radius 2 is 1.78 bits per heavy atom. The first-order chi connectivity index (χ1) is 8.48. The van der Waals surface area contributed by atoms with Crippen LogP contribution in [-0.2, 0) is 5.54 Å². The zero-order valence-corrected chi connectivity index (χ0v) is 12.1. The summed E-state index contributed by atoms with van der Waals surface area (Å²) in [7, 11) is 0. The average molecular weight is 249 g/mol. The van der Waals surface area contributed by atoms with Crippen molar-refractivity contribution in [3.8, 4) is 0 Å². The van der Waals surface area contributed by atoms with Gasteiger partial charge in [0.25, 0.3) is 0 Å². The molecule has 0 aliphatic rings. The smallest absolute Gasteiger partial charge is 0.0652 e. The van der Waals surface area contributed by atoms with Crippen molar-refractivity contribution in [1.82, 2.24) is 5.32 Å². The van der Waals surface area contributed by atoms with Crippen LogP contribution in [0.1, 0.15) is 39.7 Å². The van der Waals surface area contributed by atoms with Gasteiger partial charge in [0.1, 0.15) is 0 Å². The first-order valence-corrected chi connectivity index (χ1v) is 6.89. The lowest BCUT2D eigenvalue weighted by Crippen LogP contribution is -2.44. The molecule has 2 nitrogen and oxygen atoms in total. The highest BCUT2D eigenvalue weighted by Gasteiger charge is 2.25. The van der Waals surface area contributed by atoms with Gasteiger partial charge in [0.05, 0.1) is 12.1 Å². The van der Waals surface area contributed by atoms with Crippen molar-refractivity contribution < 1.29 is 5.11 Å². The van der Waals surface area contributed by atoms with E-state index in [4.69, 9.17) is 0 Å². The lowest BCUT2D eigenvalue weighted by molar-refractivity contribution is 0.168. The molecule has 1 aromatic rings. The Kier molecular flexibility index (Phi) is 5.83. The molecule has 0 saturated heterocycles. The lowest BCUT2D eigenvalue weighted by atomic mass is 9.91. The van der Waals surface area contributed by atoms with Crippen LogP contribution in [0.3, 0.4) is 0 Å². The molecule has 0 saturated carbocycles. The van der Waals surface area contributed by atoms with Gasteiger partial charge in [-0.15, -0.1) is 0 Å². The van der Waals surface area contributed by atoms with E-state index in [1.807, 2.05) is 18.2 Å². The second-order valence-electron chi connectivity index (χ2n) is 5.97. The summed E-state index contributed by atoms with van der Waals surface area (Å²) in [6.07, 6.45) is 1.21. The number of aliphatic hydroxyl groups is 1. The number of aliphatic hydroxyl groups excluding tert-OH is 1. The van der Waals surface area contributed by atoms with Gasteiger partial charge in [-0.3, -0.25) is 0 Å². The standard InChI is InChI=1S/C16H27NO/c1-13(2)10-14(3)11-17-16(4,12-18)15-8-6-5-7-9-15/h5-9,13-14,17-18H,10-12H2,1-4H3. The third-order valence-electron chi connectivity index (χ3n) is 3.44. The van der Waals surface area contributed by atoms with Crippen molar-refractivity contribution in [2.45, 2.75) is 39.7 Å². The minimum Gasteiger partial charge on any atom is -0.394 e. The first kappa shape index (κ1) is 15.2. The molecule has 0 fully saturated rings. The van der Waals surface area contributed by atoms with Crippen LogP contribution in [0, 0.1) is 11.8 Å². The summed E-state index contributed by atoms with van der Waals surface area (Å²) in [4.78, 5) is 0. The fourth-order valence-corrected chi connectivity index (χ4v) is 2.34. The summed E-state index contributed by atoms with van der Waals surface area (Å²) in [6, 6.07) is 10.2. The summed E-state index contributed by atoms with van der Waals surface area (Å²) < 4.78 is 0. The largest absolute Gasteiger partial charge is 0.394 e. The van der Waals surface area contributed by atoms with Crippen molar-refractivity contribution in [2.24, 2.45) is 11.8 Å². The van der Waals surface area contributed by atoms with Crippen molar-refractivity contribution >= 4 is 0 Å². The van der Waals surface area contributed by atoms with E-state index in [1.54, 1.807) is 0 Å². The molecule has 0 bridgehead atoms. The van der Waals surface area contributed by atoms with Crippen molar-refractivity contribution in [1.29, 1.82) is 0 Å². The second kappa shape index (κ2) is 6.91. The van der Waals surface area contributed by atoms with E-state index < -0.39 is 0 Å². The Hall–Kier alpha value is -0.860. The van der Waals surface area contributed by atoms with Gasteiger partial charge in [0, 0.05) is 0 Å². The van der Waals surface area contributed by atoms with E-state index in [0.29, 0.717) is 5.92 Å². The quantitative estimate of drug-likeness (QED) is 0.778. The number of benzene rings is 1. The fourth-order valence-electron chi connectivity index (χ4n) is 2.34. The monoisotopic (exact) mass is 249 g/mol. The van der Waals surface area contributed by atoms with Crippen LogP contribution in [-0.4, -0.2) is 18.3 Å². The molecule has 2 unspecified atom stereocenters. The summed E-state index contributed by atoms with van der Waals surface area (Å²) in [6.45, 7) is 9.87. The van der Waals surface area contributed by atoms with Crippen molar-refractivity contribution in [2.75, 3.05) is 13.2 Å². The third kappa shape index (κ3) is 4.43. The van der Waals surface area contributed by atoms with Crippen LogP contribution in [0.2, 0.25) is 0 Å². The molecule has 2 atom stereocenters. The lowest BCUT2D eigenvalue weighted by Gasteiger charge is -2.31. The maximum atomic E-state index is 9.67. The number of hydrogen-bond donors (Lipinski definition) is 2. The highest BCUT2D eigenvalue weighted by atomic mass is 16.3. The van der Waals surface area contributed by atoms with Gasteiger partial charge in [0.15, 0.2) is 0 Å². The van der Waals surface area contributed by atoms with Crippen LogP contribution >= 0.6 is 0 Å². The van der Waals surface area contributed by atoms with E-state index in [0.717, 1.165) is 18.0 Å². The molecule has 1 rings (SSSR count). The maximum absolute atomic E-state index is 9.67. The molecule has 0 spiro atoms. The topological polar surface area (TPSA) is 32.3 Å². The number of rotatable bonds is 7. The highest BCUT2D eigenvalue weighted by molar-refractivity contribution is 5.23. The van der Waals surface area contributed by atoms with Crippen LogP contribution in [0.4, 0.5) is 0 Å². The molecule has 0 heterocycles. The molecule has 2 heteroatoms. The van der Waals surface area contributed by atoms with Gasteiger partial charge < -0.3 is 10.4 Å². The first-order valence-electron chi connectivity index (χ1n) is 6.89. The van der Waals surface area contributed by atoms with Gasteiger partial charge in [-0.2, -0.15) is 0 Å². The predicted octanol–water partition coefficient (Wildman–Crippen LogP) is 3.17. The molecular weight excluding hydrogens is 222 g/mol. The van der Waals surface area contributed by atoms with Gasteiger partial charge in [-0.1, -0.05) is 51.1 Å². The zero-order valence-electron chi connectivity index (χ0n) is 12.1. The van der Waals surface area contributed by atoms with Crippen molar-refractivity contribution in [3.63, 3.8) is 0 Å². The molecule has 1 aromatic carbocycles.